The Labute approximate surface area is 181 Å². The number of para-hydroxylation sites is 1. The van der Waals surface area contributed by atoms with Gasteiger partial charge in [-0.3, -0.25) is 14.5 Å². The number of nitrogens with zero attached hydrogens (tertiary/aromatic N) is 2. The van der Waals surface area contributed by atoms with E-state index in [4.69, 9.17) is 0 Å². The number of carbonyl (C=O) groups excluding carboxylic acids is 3. The number of amides is 4. The molecule has 0 aliphatic carbocycles. The molecule has 2 heterocycles. The van der Waals surface area contributed by atoms with E-state index in [0.717, 1.165) is 28.9 Å². The van der Waals surface area contributed by atoms with Gasteiger partial charge in [0.2, 0.25) is 5.91 Å². The Hall–Kier alpha value is -3.61. The van der Waals surface area contributed by atoms with Crippen LogP contribution in [0.2, 0.25) is 0 Å². The summed E-state index contributed by atoms with van der Waals surface area (Å²) in [7, 11) is 0. The minimum atomic E-state index is -1.17. The van der Waals surface area contributed by atoms with Crippen molar-refractivity contribution < 1.29 is 14.4 Å². The van der Waals surface area contributed by atoms with Gasteiger partial charge in [-0.1, -0.05) is 48.0 Å². The van der Waals surface area contributed by atoms with Gasteiger partial charge in [0.25, 0.3) is 5.91 Å². The highest BCUT2D eigenvalue weighted by Gasteiger charge is 2.49. The molecule has 1 aromatic heterocycles. The maximum Gasteiger partial charge on any atom is 0.325 e. The van der Waals surface area contributed by atoms with Crippen molar-refractivity contribution in [1.82, 2.24) is 20.1 Å². The SMILES string of the molecule is Cc1ccc(C2(C)NC(=O)N(CC(=O)NCCCn3ccc4ccccc43)C2=O)cc1. The van der Waals surface area contributed by atoms with Crippen molar-refractivity contribution in [3.05, 3.63) is 71.9 Å². The number of fused-ring (bicyclic) bond motifs is 1. The van der Waals surface area contributed by atoms with Crippen LogP contribution in [0.1, 0.15) is 24.5 Å². The zero-order chi connectivity index (χ0) is 22.0. The van der Waals surface area contributed by atoms with Crippen molar-refractivity contribution in [3.8, 4) is 0 Å². The molecule has 0 saturated carbocycles. The molecule has 1 aliphatic rings. The number of hydrogen-bond acceptors (Lipinski definition) is 3. The second-order valence-electron chi connectivity index (χ2n) is 8.08. The summed E-state index contributed by atoms with van der Waals surface area (Å²) in [6, 6.07) is 17.1. The summed E-state index contributed by atoms with van der Waals surface area (Å²) in [5, 5.41) is 6.72. The maximum atomic E-state index is 12.9. The van der Waals surface area contributed by atoms with E-state index >= 15 is 0 Å². The molecular formula is C24H26N4O3. The van der Waals surface area contributed by atoms with Gasteiger partial charge in [-0.2, -0.15) is 0 Å². The number of aryl methyl sites for hydroxylation is 2. The van der Waals surface area contributed by atoms with Gasteiger partial charge in [0, 0.05) is 24.8 Å². The Kier molecular flexibility index (Phi) is 5.50. The van der Waals surface area contributed by atoms with E-state index in [1.165, 1.54) is 5.39 Å². The van der Waals surface area contributed by atoms with Gasteiger partial charge in [-0.25, -0.2) is 4.79 Å². The molecule has 1 unspecified atom stereocenters. The van der Waals surface area contributed by atoms with Crippen LogP contribution in [0.25, 0.3) is 10.9 Å². The number of benzene rings is 2. The molecule has 4 rings (SSSR count). The predicted molar refractivity (Wildman–Crippen MR) is 118 cm³/mol. The quantitative estimate of drug-likeness (QED) is 0.457. The normalized spacial score (nSPS) is 18.5. The molecule has 3 aromatic rings. The third-order valence-corrected chi connectivity index (χ3v) is 5.78. The lowest BCUT2D eigenvalue weighted by molar-refractivity contribution is -0.134. The van der Waals surface area contributed by atoms with Crippen LogP contribution in [0.5, 0.6) is 0 Å². The first-order valence-electron chi connectivity index (χ1n) is 10.4. The second-order valence-corrected chi connectivity index (χ2v) is 8.08. The number of nitrogens with one attached hydrogen (secondary N) is 2. The second kappa shape index (κ2) is 8.26. The molecule has 0 bridgehead atoms. The first-order chi connectivity index (χ1) is 14.9. The molecule has 1 fully saturated rings. The monoisotopic (exact) mass is 418 g/mol. The largest absolute Gasteiger partial charge is 0.354 e. The van der Waals surface area contributed by atoms with Crippen LogP contribution in [-0.4, -0.2) is 40.4 Å². The summed E-state index contributed by atoms with van der Waals surface area (Å²) in [5.41, 5.74) is 1.75. The molecule has 1 atom stereocenters. The summed E-state index contributed by atoms with van der Waals surface area (Å²) in [5.74, 6) is -0.774. The number of aromatic nitrogens is 1. The Morgan fingerprint density at radius 2 is 1.81 bits per heavy atom. The molecule has 160 valence electrons. The highest BCUT2D eigenvalue weighted by molar-refractivity contribution is 6.09. The standard InChI is InChI=1S/C24H26N4O3/c1-17-8-10-19(11-9-17)24(2)22(30)28(23(31)26-24)16-21(29)25-13-5-14-27-15-12-18-6-3-4-7-20(18)27/h3-4,6-12,15H,5,13-14,16H2,1-2H3,(H,25,29)(H,26,31). The molecule has 2 aromatic carbocycles. The fraction of sp³-hybridized carbons (Fsp3) is 0.292. The average molecular weight is 418 g/mol. The zero-order valence-electron chi connectivity index (χ0n) is 17.7. The van der Waals surface area contributed by atoms with Gasteiger partial charge in [0.05, 0.1) is 0 Å². The molecular weight excluding hydrogens is 392 g/mol. The first-order valence-corrected chi connectivity index (χ1v) is 10.4. The lowest BCUT2D eigenvalue weighted by Gasteiger charge is -2.22. The van der Waals surface area contributed by atoms with Crippen molar-refractivity contribution >= 4 is 28.7 Å². The van der Waals surface area contributed by atoms with Gasteiger partial charge >= 0.3 is 6.03 Å². The third-order valence-electron chi connectivity index (χ3n) is 5.78. The minimum absolute atomic E-state index is 0.293. The summed E-state index contributed by atoms with van der Waals surface area (Å²) in [6.07, 6.45) is 2.78. The molecule has 1 aliphatic heterocycles. The molecule has 7 nitrogen and oxygen atoms in total. The molecule has 0 radical (unpaired) electrons. The number of hydrogen-bond donors (Lipinski definition) is 2. The number of urea groups is 1. The molecule has 1 saturated heterocycles. The Balaban J connectivity index is 1.30. The van der Waals surface area contributed by atoms with Crippen LogP contribution >= 0.6 is 0 Å². The first kappa shape index (κ1) is 20.7. The highest BCUT2D eigenvalue weighted by Crippen LogP contribution is 2.28. The van der Waals surface area contributed by atoms with E-state index in [-0.39, 0.29) is 12.5 Å². The van der Waals surface area contributed by atoms with Crippen molar-refractivity contribution in [1.29, 1.82) is 0 Å². The highest BCUT2D eigenvalue weighted by atomic mass is 16.2. The van der Waals surface area contributed by atoms with Gasteiger partial charge in [-0.05, 0) is 43.4 Å². The Bertz CT molecular complexity index is 1140. The van der Waals surface area contributed by atoms with Crippen LogP contribution in [-0.2, 0) is 21.7 Å². The fourth-order valence-electron chi connectivity index (χ4n) is 3.94. The van der Waals surface area contributed by atoms with E-state index in [0.29, 0.717) is 12.1 Å². The maximum absolute atomic E-state index is 12.9. The lowest BCUT2D eigenvalue weighted by atomic mass is 9.91. The van der Waals surface area contributed by atoms with Crippen molar-refractivity contribution in [2.24, 2.45) is 0 Å². The molecule has 7 heteroatoms. The number of rotatable bonds is 7. The summed E-state index contributed by atoms with van der Waals surface area (Å²) < 4.78 is 2.14. The zero-order valence-corrected chi connectivity index (χ0v) is 17.7. The van der Waals surface area contributed by atoms with Crippen LogP contribution < -0.4 is 10.6 Å². The van der Waals surface area contributed by atoms with E-state index in [9.17, 15) is 14.4 Å². The Morgan fingerprint density at radius 3 is 2.58 bits per heavy atom. The summed E-state index contributed by atoms with van der Waals surface area (Å²) in [4.78, 5) is 38.7. The average Bonchev–Trinajstić information content (AvgIpc) is 3.26. The van der Waals surface area contributed by atoms with Crippen LogP contribution in [0, 0.1) is 6.92 Å². The number of carbonyl (C=O) groups is 3. The fourth-order valence-corrected chi connectivity index (χ4v) is 3.94. The van der Waals surface area contributed by atoms with E-state index < -0.39 is 17.5 Å². The molecule has 4 amide bonds. The third kappa shape index (κ3) is 4.03. The van der Waals surface area contributed by atoms with E-state index in [2.05, 4.69) is 33.4 Å². The van der Waals surface area contributed by atoms with E-state index in [1.807, 2.05) is 49.5 Å². The summed E-state index contributed by atoms with van der Waals surface area (Å²) >= 11 is 0. The van der Waals surface area contributed by atoms with Gasteiger partial charge < -0.3 is 15.2 Å². The lowest BCUT2D eigenvalue weighted by Crippen LogP contribution is -2.43. The van der Waals surface area contributed by atoms with Crippen molar-refractivity contribution in [2.45, 2.75) is 32.4 Å². The smallest absolute Gasteiger partial charge is 0.325 e. The van der Waals surface area contributed by atoms with Gasteiger partial charge in [0.15, 0.2) is 0 Å². The predicted octanol–water partition coefficient (Wildman–Crippen LogP) is 2.92. The van der Waals surface area contributed by atoms with Crippen molar-refractivity contribution in [3.63, 3.8) is 0 Å². The topological polar surface area (TPSA) is 83.4 Å². The van der Waals surface area contributed by atoms with Crippen LogP contribution in [0.15, 0.2) is 60.8 Å². The molecule has 2 N–H and O–H groups in total. The van der Waals surface area contributed by atoms with Gasteiger partial charge in [0.1, 0.15) is 12.1 Å². The van der Waals surface area contributed by atoms with Crippen LogP contribution in [0.3, 0.4) is 0 Å². The Morgan fingerprint density at radius 1 is 1.06 bits per heavy atom. The van der Waals surface area contributed by atoms with E-state index in [1.54, 1.807) is 6.92 Å². The van der Waals surface area contributed by atoms with Crippen molar-refractivity contribution in [2.75, 3.05) is 13.1 Å². The molecule has 0 spiro atoms. The van der Waals surface area contributed by atoms with Crippen LogP contribution in [0.4, 0.5) is 4.79 Å². The minimum Gasteiger partial charge on any atom is -0.354 e. The number of imide groups is 1. The molecule has 31 heavy (non-hydrogen) atoms. The summed E-state index contributed by atoms with van der Waals surface area (Å²) in [6.45, 7) is 4.55. The van der Waals surface area contributed by atoms with Gasteiger partial charge in [-0.15, -0.1) is 0 Å².